The molecule has 1 aliphatic heterocycles. The second kappa shape index (κ2) is 10.3. The minimum atomic E-state index is -0.0453. The molecule has 0 unspecified atom stereocenters. The molecular weight excluding hydrogens is 449 g/mol. The quantitative estimate of drug-likeness (QED) is 0.482. The Labute approximate surface area is 197 Å². The Morgan fingerprint density at radius 1 is 1.12 bits per heavy atom. The molecule has 6 nitrogen and oxygen atoms in total. The van der Waals surface area contributed by atoms with Gasteiger partial charge in [-0.3, -0.25) is 4.79 Å². The lowest BCUT2D eigenvalue weighted by molar-refractivity contribution is -0.134. The van der Waals surface area contributed by atoms with Crippen LogP contribution in [0.2, 0.25) is 10.0 Å². The minimum Gasteiger partial charge on any atom is -0.497 e. The number of hydrogen-bond acceptors (Lipinski definition) is 4. The standard InChI is InChI=1S/C24H25Cl2N3O3/c1-31-20-5-2-17(3-6-20)15-29-13-10-27-24(29)18-8-11-28(12-9-18)23(30)16-32-22-7-4-19(25)14-21(22)26/h2-7,10,13-14,18H,8-9,11-12,15-16H2,1H3. The first-order valence-corrected chi connectivity index (χ1v) is 11.3. The number of imidazole rings is 1. The second-order valence-corrected chi connectivity index (χ2v) is 8.62. The van der Waals surface area contributed by atoms with Crippen molar-refractivity contribution in [2.45, 2.75) is 25.3 Å². The third-order valence-electron chi connectivity index (χ3n) is 5.72. The number of carbonyl (C=O) groups excluding carboxylic acids is 1. The van der Waals surface area contributed by atoms with Crippen LogP contribution in [-0.2, 0) is 11.3 Å². The Kier molecular flexibility index (Phi) is 7.22. The maximum atomic E-state index is 12.6. The van der Waals surface area contributed by atoms with Crippen LogP contribution in [0.25, 0.3) is 0 Å². The smallest absolute Gasteiger partial charge is 0.260 e. The molecule has 32 heavy (non-hydrogen) atoms. The van der Waals surface area contributed by atoms with Gasteiger partial charge in [-0.2, -0.15) is 0 Å². The van der Waals surface area contributed by atoms with Gasteiger partial charge in [0, 0.05) is 43.0 Å². The lowest BCUT2D eigenvalue weighted by Crippen LogP contribution is -2.40. The average Bonchev–Trinajstić information content (AvgIpc) is 3.27. The summed E-state index contributed by atoms with van der Waals surface area (Å²) >= 11 is 12.0. The lowest BCUT2D eigenvalue weighted by atomic mass is 9.95. The van der Waals surface area contributed by atoms with Crippen molar-refractivity contribution in [1.82, 2.24) is 14.5 Å². The summed E-state index contributed by atoms with van der Waals surface area (Å²) in [6.07, 6.45) is 5.60. The molecule has 0 N–H and O–H groups in total. The van der Waals surface area contributed by atoms with Crippen molar-refractivity contribution in [2.75, 3.05) is 26.8 Å². The maximum Gasteiger partial charge on any atom is 0.260 e. The molecule has 168 valence electrons. The molecule has 0 saturated carbocycles. The zero-order chi connectivity index (χ0) is 22.5. The van der Waals surface area contributed by atoms with Crippen LogP contribution in [0, 0.1) is 0 Å². The van der Waals surface area contributed by atoms with Gasteiger partial charge in [-0.05, 0) is 48.7 Å². The van der Waals surface area contributed by atoms with Crippen molar-refractivity contribution >= 4 is 29.1 Å². The summed E-state index contributed by atoms with van der Waals surface area (Å²) in [6.45, 7) is 2.07. The third kappa shape index (κ3) is 5.37. The molecule has 1 aromatic heterocycles. The van der Waals surface area contributed by atoms with Crippen molar-refractivity contribution in [3.63, 3.8) is 0 Å². The van der Waals surface area contributed by atoms with Gasteiger partial charge >= 0.3 is 0 Å². The van der Waals surface area contributed by atoms with Gasteiger partial charge in [0.2, 0.25) is 0 Å². The summed E-state index contributed by atoms with van der Waals surface area (Å²) in [5.41, 5.74) is 1.19. The summed E-state index contributed by atoms with van der Waals surface area (Å²) in [7, 11) is 1.67. The molecule has 8 heteroatoms. The van der Waals surface area contributed by atoms with E-state index in [1.54, 1.807) is 25.3 Å². The summed E-state index contributed by atoms with van der Waals surface area (Å²) < 4.78 is 13.0. The number of methoxy groups -OCH3 is 1. The fourth-order valence-corrected chi connectivity index (χ4v) is 4.42. The lowest BCUT2D eigenvalue weighted by Gasteiger charge is -2.32. The predicted octanol–water partition coefficient (Wildman–Crippen LogP) is 5.03. The number of ether oxygens (including phenoxy) is 2. The highest BCUT2D eigenvalue weighted by Gasteiger charge is 2.26. The van der Waals surface area contributed by atoms with Crippen molar-refractivity contribution in [3.05, 3.63) is 76.3 Å². The highest BCUT2D eigenvalue weighted by Crippen LogP contribution is 2.29. The van der Waals surface area contributed by atoms with Gasteiger partial charge in [0.25, 0.3) is 5.91 Å². The fourth-order valence-electron chi connectivity index (χ4n) is 3.95. The molecule has 0 radical (unpaired) electrons. The number of piperidine rings is 1. The van der Waals surface area contributed by atoms with Gasteiger partial charge in [0.05, 0.1) is 12.1 Å². The van der Waals surface area contributed by atoms with Crippen LogP contribution in [0.1, 0.15) is 30.1 Å². The minimum absolute atomic E-state index is 0.0435. The van der Waals surface area contributed by atoms with Crippen LogP contribution in [0.15, 0.2) is 54.9 Å². The molecule has 1 amide bonds. The van der Waals surface area contributed by atoms with Gasteiger partial charge in [-0.25, -0.2) is 4.98 Å². The SMILES string of the molecule is COc1ccc(Cn2ccnc2C2CCN(C(=O)COc3ccc(Cl)cc3Cl)CC2)cc1. The summed E-state index contributed by atoms with van der Waals surface area (Å²) in [5, 5.41) is 0.925. The first-order valence-electron chi connectivity index (χ1n) is 10.5. The number of halogens is 2. The Hall–Kier alpha value is -2.70. The molecule has 2 heterocycles. The molecular formula is C24H25Cl2N3O3. The molecule has 2 aromatic carbocycles. The van der Waals surface area contributed by atoms with Gasteiger partial charge in [-0.15, -0.1) is 0 Å². The van der Waals surface area contributed by atoms with E-state index in [4.69, 9.17) is 32.7 Å². The highest BCUT2D eigenvalue weighted by atomic mass is 35.5. The van der Waals surface area contributed by atoms with Gasteiger partial charge in [-0.1, -0.05) is 35.3 Å². The largest absolute Gasteiger partial charge is 0.497 e. The number of nitrogens with zero attached hydrogens (tertiary/aromatic N) is 3. The molecule has 0 atom stereocenters. The van der Waals surface area contributed by atoms with E-state index in [1.807, 2.05) is 29.4 Å². The van der Waals surface area contributed by atoms with Gasteiger partial charge in [0.1, 0.15) is 17.3 Å². The molecule has 1 saturated heterocycles. The first-order chi connectivity index (χ1) is 15.5. The van der Waals surface area contributed by atoms with Crippen LogP contribution in [0.4, 0.5) is 0 Å². The number of rotatable bonds is 7. The molecule has 0 aliphatic carbocycles. The van der Waals surface area contributed by atoms with Crippen molar-refractivity contribution in [1.29, 1.82) is 0 Å². The maximum absolute atomic E-state index is 12.6. The van der Waals surface area contributed by atoms with Gasteiger partial charge in [0.15, 0.2) is 6.61 Å². The van der Waals surface area contributed by atoms with E-state index in [0.717, 1.165) is 31.0 Å². The molecule has 4 rings (SSSR count). The molecule has 0 bridgehead atoms. The van der Waals surface area contributed by atoms with Crippen molar-refractivity contribution < 1.29 is 14.3 Å². The zero-order valence-electron chi connectivity index (χ0n) is 17.8. The zero-order valence-corrected chi connectivity index (χ0v) is 19.4. The monoisotopic (exact) mass is 473 g/mol. The van der Waals surface area contributed by atoms with Crippen molar-refractivity contribution in [3.8, 4) is 11.5 Å². The molecule has 1 aliphatic rings. The Morgan fingerprint density at radius 3 is 2.56 bits per heavy atom. The summed E-state index contributed by atoms with van der Waals surface area (Å²) in [4.78, 5) is 19.1. The number of likely N-dealkylation sites (tertiary alicyclic amines) is 1. The Balaban J connectivity index is 1.31. The Morgan fingerprint density at radius 2 is 1.88 bits per heavy atom. The van der Waals surface area contributed by atoms with Crippen LogP contribution in [0.3, 0.4) is 0 Å². The van der Waals surface area contributed by atoms with E-state index in [2.05, 4.69) is 21.7 Å². The average molecular weight is 474 g/mol. The van der Waals surface area contributed by atoms with Crippen LogP contribution >= 0.6 is 23.2 Å². The van der Waals surface area contributed by atoms with Crippen molar-refractivity contribution in [2.24, 2.45) is 0 Å². The topological polar surface area (TPSA) is 56.6 Å². The molecule has 1 fully saturated rings. The fraction of sp³-hybridized carbons (Fsp3) is 0.333. The number of benzene rings is 2. The van der Waals surface area contributed by atoms with E-state index < -0.39 is 0 Å². The molecule has 3 aromatic rings. The third-order valence-corrected chi connectivity index (χ3v) is 6.25. The second-order valence-electron chi connectivity index (χ2n) is 7.78. The van der Waals surface area contributed by atoms with Gasteiger partial charge < -0.3 is 18.9 Å². The van der Waals surface area contributed by atoms with Crippen LogP contribution < -0.4 is 9.47 Å². The summed E-state index contributed by atoms with van der Waals surface area (Å²) in [6, 6.07) is 13.0. The van der Waals surface area contributed by atoms with E-state index in [9.17, 15) is 4.79 Å². The number of amides is 1. The van der Waals surface area contributed by atoms with Crippen LogP contribution in [-0.4, -0.2) is 47.2 Å². The van der Waals surface area contributed by atoms with Crippen LogP contribution in [0.5, 0.6) is 11.5 Å². The van der Waals surface area contributed by atoms with E-state index in [0.29, 0.717) is 34.8 Å². The highest BCUT2D eigenvalue weighted by molar-refractivity contribution is 6.35. The van der Waals surface area contributed by atoms with E-state index >= 15 is 0 Å². The number of aromatic nitrogens is 2. The Bertz CT molecular complexity index is 1060. The summed E-state index contributed by atoms with van der Waals surface area (Å²) in [5.74, 6) is 2.64. The predicted molar refractivity (Wildman–Crippen MR) is 125 cm³/mol. The van der Waals surface area contributed by atoms with E-state index in [-0.39, 0.29) is 12.5 Å². The first kappa shape index (κ1) is 22.5. The number of carbonyl (C=O) groups is 1. The molecule has 0 spiro atoms. The normalized spacial score (nSPS) is 14.4. The number of hydrogen-bond donors (Lipinski definition) is 0. The van der Waals surface area contributed by atoms with E-state index in [1.165, 1.54) is 5.56 Å².